The maximum absolute atomic E-state index is 14.1. The fourth-order valence-electron chi connectivity index (χ4n) is 2.43. The zero-order chi connectivity index (χ0) is 16.5. The summed E-state index contributed by atoms with van der Waals surface area (Å²) in [5.74, 6) is 0.340. The van der Waals surface area contributed by atoms with Crippen LogP contribution in [0.3, 0.4) is 0 Å². The number of aromatic nitrogens is 3. The Morgan fingerprint density at radius 3 is 2.67 bits per heavy atom. The summed E-state index contributed by atoms with van der Waals surface area (Å²) in [4.78, 5) is 4.36. The lowest BCUT2D eigenvalue weighted by Crippen LogP contribution is -1.88. The van der Waals surface area contributed by atoms with E-state index in [0.29, 0.717) is 17.2 Å². The van der Waals surface area contributed by atoms with Gasteiger partial charge in [0.25, 0.3) is 5.89 Å². The van der Waals surface area contributed by atoms with Crippen LogP contribution in [0.4, 0.5) is 4.39 Å². The fraction of sp³-hybridized carbons (Fsp3) is 0.0556. The van der Waals surface area contributed by atoms with Crippen molar-refractivity contribution in [2.45, 2.75) is 0 Å². The Bertz CT molecular complexity index is 1030. The number of fused-ring (bicyclic) bond motifs is 1. The van der Waals surface area contributed by atoms with E-state index in [1.807, 2.05) is 30.3 Å². The Labute approximate surface area is 136 Å². The Kier molecular flexibility index (Phi) is 3.42. The summed E-state index contributed by atoms with van der Waals surface area (Å²) in [5.41, 5.74) is 1.78. The van der Waals surface area contributed by atoms with Gasteiger partial charge in [-0.2, -0.15) is 0 Å². The van der Waals surface area contributed by atoms with Crippen LogP contribution >= 0.6 is 0 Å². The van der Waals surface area contributed by atoms with E-state index in [1.54, 1.807) is 18.3 Å². The molecule has 24 heavy (non-hydrogen) atoms. The second-order valence-electron chi connectivity index (χ2n) is 5.17. The lowest BCUT2D eigenvalue weighted by molar-refractivity contribution is 0.411. The van der Waals surface area contributed by atoms with Gasteiger partial charge in [0.05, 0.1) is 23.8 Å². The van der Waals surface area contributed by atoms with Crippen LogP contribution in [0, 0.1) is 5.82 Å². The molecule has 4 rings (SSSR count). The molecule has 0 saturated carbocycles. The first kappa shape index (κ1) is 14.3. The molecule has 0 amide bonds. The first-order valence-electron chi connectivity index (χ1n) is 7.27. The van der Waals surface area contributed by atoms with Crippen LogP contribution in [0.1, 0.15) is 0 Å². The predicted octanol–water partition coefficient (Wildman–Crippen LogP) is 4.10. The number of ether oxygens (including phenoxy) is 1. The molecule has 0 atom stereocenters. The number of hydrogen-bond donors (Lipinski definition) is 0. The Hall–Kier alpha value is -3.28. The molecule has 0 unspecified atom stereocenters. The monoisotopic (exact) mass is 321 g/mol. The van der Waals surface area contributed by atoms with E-state index in [0.717, 1.165) is 10.9 Å². The lowest BCUT2D eigenvalue weighted by atomic mass is 10.1. The normalized spacial score (nSPS) is 10.9. The number of nitrogens with zero attached hydrogens (tertiary/aromatic N) is 3. The van der Waals surface area contributed by atoms with Crippen molar-refractivity contribution in [3.05, 3.63) is 60.5 Å². The minimum Gasteiger partial charge on any atom is -0.497 e. The molecule has 4 aromatic rings. The van der Waals surface area contributed by atoms with Crippen LogP contribution in [0.25, 0.3) is 33.8 Å². The summed E-state index contributed by atoms with van der Waals surface area (Å²) in [6.45, 7) is 0. The molecule has 0 aliphatic carbocycles. The van der Waals surface area contributed by atoms with Crippen molar-refractivity contribution in [3.8, 4) is 28.7 Å². The highest BCUT2D eigenvalue weighted by atomic mass is 19.1. The van der Waals surface area contributed by atoms with E-state index >= 15 is 0 Å². The zero-order valence-electron chi connectivity index (χ0n) is 12.7. The van der Waals surface area contributed by atoms with E-state index in [9.17, 15) is 4.39 Å². The standard InChI is InChI=1S/C18H12FN3O2/c1-23-13-6-7-14(15(19)9-13)18-22-21-17(24-18)12-8-11-4-2-3-5-16(11)20-10-12/h2-10H,1H3. The van der Waals surface area contributed by atoms with Gasteiger partial charge >= 0.3 is 0 Å². The van der Waals surface area contributed by atoms with Gasteiger partial charge in [-0.3, -0.25) is 4.98 Å². The number of halogens is 1. The molecule has 2 aromatic heterocycles. The molecule has 0 bridgehead atoms. The van der Waals surface area contributed by atoms with E-state index < -0.39 is 5.82 Å². The Balaban J connectivity index is 1.73. The molecule has 2 aromatic carbocycles. The molecule has 6 heteroatoms. The van der Waals surface area contributed by atoms with Crippen LogP contribution < -0.4 is 4.74 Å². The lowest BCUT2D eigenvalue weighted by Gasteiger charge is -2.02. The van der Waals surface area contributed by atoms with Gasteiger partial charge in [0.15, 0.2) is 0 Å². The fourth-order valence-corrected chi connectivity index (χ4v) is 2.43. The van der Waals surface area contributed by atoms with Crippen LogP contribution in [0.5, 0.6) is 5.75 Å². The first-order valence-corrected chi connectivity index (χ1v) is 7.27. The third kappa shape index (κ3) is 2.48. The molecular weight excluding hydrogens is 309 g/mol. The van der Waals surface area contributed by atoms with Crippen molar-refractivity contribution in [2.24, 2.45) is 0 Å². The number of methoxy groups -OCH3 is 1. The number of pyridine rings is 1. The Morgan fingerprint density at radius 1 is 1.00 bits per heavy atom. The number of hydrogen-bond acceptors (Lipinski definition) is 5. The average molecular weight is 321 g/mol. The van der Waals surface area contributed by atoms with Crippen molar-refractivity contribution in [2.75, 3.05) is 7.11 Å². The number of rotatable bonds is 3. The third-order valence-corrected chi connectivity index (χ3v) is 3.67. The molecule has 5 nitrogen and oxygen atoms in total. The summed E-state index contributed by atoms with van der Waals surface area (Å²) in [5, 5.41) is 8.90. The minimum absolute atomic E-state index is 0.110. The largest absolute Gasteiger partial charge is 0.497 e. The second kappa shape index (κ2) is 5.73. The van der Waals surface area contributed by atoms with E-state index in [2.05, 4.69) is 15.2 Å². The van der Waals surface area contributed by atoms with E-state index in [-0.39, 0.29) is 11.5 Å². The van der Waals surface area contributed by atoms with Crippen LogP contribution in [-0.4, -0.2) is 22.3 Å². The third-order valence-electron chi connectivity index (χ3n) is 3.67. The van der Waals surface area contributed by atoms with Crippen LogP contribution in [0.15, 0.2) is 59.1 Å². The molecule has 118 valence electrons. The molecule has 0 saturated heterocycles. The summed E-state index contributed by atoms with van der Waals surface area (Å²) < 4.78 is 24.7. The molecule has 0 radical (unpaired) electrons. The summed E-state index contributed by atoms with van der Waals surface area (Å²) in [6, 6.07) is 14.1. The second-order valence-corrected chi connectivity index (χ2v) is 5.17. The Morgan fingerprint density at radius 2 is 1.83 bits per heavy atom. The maximum atomic E-state index is 14.1. The molecule has 0 fully saturated rings. The topological polar surface area (TPSA) is 61.0 Å². The van der Waals surface area contributed by atoms with Gasteiger partial charge in [-0.1, -0.05) is 18.2 Å². The number of para-hydroxylation sites is 1. The van der Waals surface area contributed by atoms with Gasteiger partial charge in [-0.25, -0.2) is 4.39 Å². The van der Waals surface area contributed by atoms with Crippen LogP contribution in [0.2, 0.25) is 0 Å². The highest BCUT2D eigenvalue weighted by Crippen LogP contribution is 2.28. The molecule has 0 spiro atoms. The van der Waals surface area contributed by atoms with Crippen molar-refractivity contribution >= 4 is 10.9 Å². The van der Waals surface area contributed by atoms with Gasteiger partial charge in [0.1, 0.15) is 11.6 Å². The minimum atomic E-state index is -0.485. The summed E-state index contributed by atoms with van der Waals surface area (Å²) in [6.07, 6.45) is 1.66. The van der Waals surface area contributed by atoms with Crippen molar-refractivity contribution in [3.63, 3.8) is 0 Å². The molecule has 0 aliphatic heterocycles. The van der Waals surface area contributed by atoms with E-state index in [1.165, 1.54) is 13.2 Å². The van der Waals surface area contributed by atoms with E-state index in [4.69, 9.17) is 9.15 Å². The predicted molar refractivity (Wildman–Crippen MR) is 87.0 cm³/mol. The highest BCUT2D eigenvalue weighted by Gasteiger charge is 2.15. The summed E-state index contributed by atoms with van der Waals surface area (Å²) >= 11 is 0. The smallest absolute Gasteiger partial charge is 0.251 e. The SMILES string of the molecule is COc1ccc(-c2nnc(-c3cnc4ccccc4c3)o2)c(F)c1. The quantitative estimate of drug-likeness (QED) is 0.568. The zero-order valence-corrected chi connectivity index (χ0v) is 12.7. The molecule has 0 aliphatic rings. The highest BCUT2D eigenvalue weighted by molar-refractivity contribution is 5.82. The molecule has 2 heterocycles. The van der Waals surface area contributed by atoms with Crippen molar-refractivity contribution in [1.82, 2.24) is 15.2 Å². The van der Waals surface area contributed by atoms with Gasteiger partial charge in [0.2, 0.25) is 5.89 Å². The van der Waals surface area contributed by atoms with Crippen LogP contribution in [-0.2, 0) is 0 Å². The maximum Gasteiger partial charge on any atom is 0.251 e. The van der Waals surface area contributed by atoms with Crippen molar-refractivity contribution < 1.29 is 13.5 Å². The van der Waals surface area contributed by atoms with Gasteiger partial charge in [-0.15, -0.1) is 10.2 Å². The van der Waals surface area contributed by atoms with Gasteiger partial charge < -0.3 is 9.15 Å². The molecular formula is C18H12FN3O2. The van der Waals surface area contributed by atoms with Gasteiger partial charge in [-0.05, 0) is 24.3 Å². The summed E-state index contributed by atoms with van der Waals surface area (Å²) in [7, 11) is 1.48. The number of benzene rings is 2. The average Bonchev–Trinajstić information content (AvgIpc) is 3.11. The van der Waals surface area contributed by atoms with Crippen molar-refractivity contribution in [1.29, 1.82) is 0 Å². The van der Waals surface area contributed by atoms with Gasteiger partial charge in [0, 0.05) is 17.6 Å². The first-order chi connectivity index (χ1) is 11.7. The molecule has 0 N–H and O–H groups in total.